The number of fused-ring (bicyclic) bond motifs is 9. The maximum atomic E-state index is 6.75. The smallest absolute Gasteiger partial charge is 0.147 e. The Labute approximate surface area is 337 Å². The summed E-state index contributed by atoms with van der Waals surface area (Å²) in [4.78, 5) is 9.06. The minimum absolute atomic E-state index is 0. The Bertz CT molecular complexity index is 3230. The second kappa shape index (κ2) is 14.4. The number of aryl methyl sites for hydroxylation is 3. The zero-order chi connectivity index (χ0) is 37.0. The molecule has 0 aliphatic carbocycles. The van der Waals surface area contributed by atoms with Gasteiger partial charge in [0.25, 0.3) is 0 Å². The van der Waals surface area contributed by atoms with Crippen LogP contribution in [-0.4, -0.2) is 9.97 Å². The molecular formula is C51H34IrN2O2-2. The first-order chi connectivity index (χ1) is 27.0. The van der Waals surface area contributed by atoms with Crippen molar-refractivity contribution in [2.45, 2.75) is 20.8 Å². The standard InChI is InChI=1S/C37H20NO2.C14H14N.Ir/c1-2-8-22(9-3-1)31-18-27(14-15-38-31)28-21-34-36(30-17-24-11-5-6-12-25(24)19-32(30)39-34)37-35(28)29-16-23-10-4-7-13-26(23)20-33(29)40-37;1-10-4-6-13(7-5-10)14-8-11(2)12(3)9-15-14;/h1-8,10-21H;4-6,8-9H,1-3H3;/q2*-1;. The third kappa shape index (κ3) is 6.25. The van der Waals surface area contributed by atoms with Gasteiger partial charge in [0.2, 0.25) is 0 Å². The van der Waals surface area contributed by atoms with Crippen LogP contribution in [0.2, 0.25) is 0 Å². The van der Waals surface area contributed by atoms with Gasteiger partial charge in [0.05, 0.1) is 5.39 Å². The average Bonchev–Trinajstić information content (AvgIpc) is 3.78. The monoisotopic (exact) mass is 899 g/mol. The van der Waals surface area contributed by atoms with Gasteiger partial charge in [0.15, 0.2) is 0 Å². The molecule has 0 bridgehead atoms. The molecule has 1 radical (unpaired) electrons. The quantitative estimate of drug-likeness (QED) is 0.166. The molecule has 0 atom stereocenters. The molecule has 0 aliphatic rings. The molecule has 0 amide bonds. The van der Waals surface area contributed by atoms with E-state index in [1.165, 1.54) is 27.5 Å². The van der Waals surface area contributed by atoms with E-state index in [0.717, 1.165) is 88.3 Å². The predicted octanol–water partition coefficient (Wildman–Crippen LogP) is 13.8. The van der Waals surface area contributed by atoms with Crippen LogP contribution in [0.1, 0.15) is 16.7 Å². The first kappa shape index (κ1) is 35.3. The first-order valence-electron chi connectivity index (χ1n) is 18.5. The number of furan rings is 2. The maximum Gasteiger partial charge on any atom is 0.147 e. The van der Waals surface area contributed by atoms with Gasteiger partial charge in [-0.05, 0) is 99.9 Å². The molecule has 0 unspecified atom stereocenters. The normalized spacial score (nSPS) is 11.3. The first-order valence-corrected chi connectivity index (χ1v) is 18.5. The SMILES string of the molecule is Cc1c[c-]c(-c2cc(C)c(C)cn2)cc1.[Ir].[c-]1ccccc1-c1cc(-c2cc3oc4cc5ccccc5cc4c3c3oc4cc5ccccc5cc4c23)ccn1. The summed E-state index contributed by atoms with van der Waals surface area (Å²) in [6.07, 6.45) is 3.78. The number of aromatic nitrogens is 2. The second-order valence-corrected chi connectivity index (χ2v) is 14.2. The Morgan fingerprint density at radius 1 is 0.518 bits per heavy atom. The van der Waals surface area contributed by atoms with E-state index in [2.05, 4.69) is 152 Å². The molecule has 56 heavy (non-hydrogen) atoms. The van der Waals surface area contributed by atoms with E-state index in [9.17, 15) is 0 Å². The van der Waals surface area contributed by atoms with Crippen molar-refractivity contribution in [2.24, 2.45) is 0 Å². The summed E-state index contributed by atoms with van der Waals surface area (Å²) in [6.45, 7) is 6.24. The van der Waals surface area contributed by atoms with E-state index >= 15 is 0 Å². The Hall–Kier alpha value is -6.39. The molecular weight excluding hydrogens is 865 g/mol. The van der Waals surface area contributed by atoms with E-state index in [0.29, 0.717) is 0 Å². The van der Waals surface area contributed by atoms with E-state index in [1.807, 2.05) is 42.7 Å². The molecule has 0 saturated carbocycles. The minimum Gasteiger partial charge on any atom is -0.456 e. The summed E-state index contributed by atoms with van der Waals surface area (Å²) in [6, 6.07) is 54.6. The third-order valence-electron chi connectivity index (χ3n) is 10.6. The molecule has 4 heterocycles. The Kier molecular flexibility index (Phi) is 9.05. The van der Waals surface area contributed by atoms with Crippen LogP contribution in [0.25, 0.3) is 99.1 Å². The van der Waals surface area contributed by atoms with Crippen molar-refractivity contribution < 1.29 is 28.9 Å². The van der Waals surface area contributed by atoms with Crippen LogP contribution in [-0.2, 0) is 20.1 Å². The van der Waals surface area contributed by atoms with Crippen molar-refractivity contribution >= 4 is 65.4 Å². The maximum absolute atomic E-state index is 6.75. The predicted molar refractivity (Wildman–Crippen MR) is 226 cm³/mol. The van der Waals surface area contributed by atoms with Gasteiger partial charge in [-0.2, -0.15) is 0 Å². The Morgan fingerprint density at radius 3 is 1.82 bits per heavy atom. The van der Waals surface area contributed by atoms with Gasteiger partial charge in [0.1, 0.15) is 22.3 Å². The summed E-state index contributed by atoms with van der Waals surface area (Å²) in [5.41, 5.74) is 13.1. The summed E-state index contributed by atoms with van der Waals surface area (Å²) in [7, 11) is 0. The summed E-state index contributed by atoms with van der Waals surface area (Å²) in [5, 5.41) is 8.90. The van der Waals surface area contributed by atoms with Crippen LogP contribution in [0.5, 0.6) is 0 Å². The molecule has 0 spiro atoms. The van der Waals surface area contributed by atoms with Gasteiger partial charge in [-0.1, -0.05) is 73.2 Å². The van der Waals surface area contributed by atoms with Crippen molar-refractivity contribution in [2.75, 3.05) is 0 Å². The van der Waals surface area contributed by atoms with Crippen molar-refractivity contribution in [1.29, 1.82) is 0 Å². The van der Waals surface area contributed by atoms with Crippen LogP contribution in [0.4, 0.5) is 0 Å². The van der Waals surface area contributed by atoms with Crippen molar-refractivity contribution in [3.63, 3.8) is 0 Å². The number of nitrogens with zero attached hydrogens (tertiary/aromatic N) is 2. The average molecular weight is 899 g/mol. The van der Waals surface area contributed by atoms with Crippen LogP contribution in [0.15, 0.2) is 161 Å². The molecule has 0 fully saturated rings. The summed E-state index contributed by atoms with van der Waals surface area (Å²) < 4.78 is 13.3. The van der Waals surface area contributed by atoms with Crippen molar-refractivity contribution in [3.8, 4) is 33.6 Å². The zero-order valence-electron chi connectivity index (χ0n) is 31.0. The number of pyridine rings is 2. The topological polar surface area (TPSA) is 52.1 Å². The molecule has 7 aromatic carbocycles. The van der Waals surface area contributed by atoms with Gasteiger partial charge < -0.3 is 18.8 Å². The zero-order valence-corrected chi connectivity index (χ0v) is 33.4. The fourth-order valence-electron chi connectivity index (χ4n) is 7.53. The van der Waals surface area contributed by atoms with Crippen LogP contribution in [0, 0.1) is 32.9 Å². The Balaban J connectivity index is 0.000000217. The van der Waals surface area contributed by atoms with Gasteiger partial charge in [0, 0.05) is 48.7 Å². The van der Waals surface area contributed by atoms with Crippen molar-refractivity contribution in [1.82, 2.24) is 9.97 Å². The van der Waals surface area contributed by atoms with Crippen LogP contribution >= 0.6 is 0 Å². The molecule has 0 saturated heterocycles. The van der Waals surface area contributed by atoms with E-state index in [-0.39, 0.29) is 20.1 Å². The second-order valence-electron chi connectivity index (χ2n) is 14.2. The van der Waals surface area contributed by atoms with E-state index < -0.39 is 0 Å². The van der Waals surface area contributed by atoms with E-state index in [1.54, 1.807) is 0 Å². The number of hydrogen-bond acceptors (Lipinski definition) is 4. The summed E-state index contributed by atoms with van der Waals surface area (Å²) >= 11 is 0. The molecule has 11 aromatic rings. The molecule has 5 heteroatoms. The third-order valence-corrected chi connectivity index (χ3v) is 10.6. The number of hydrogen-bond donors (Lipinski definition) is 0. The van der Waals surface area contributed by atoms with E-state index in [4.69, 9.17) is 8.83 Å². The van der Waals surface area contributed by atoms with Gasteiger partial charge in [-0.3, -0.25) is 0 Å². The molecule has 0 N–H and O–H groups in total. The molecule has 11 rings (SSSR count). The molecule has 271 valence electrons. The number of rotatable bonds is 3. The van der Waals surface area contributed by atoms with Crippen LogP contribution in [0.3, 0.4) is 0 Å². The fourth-order valence-corrected chi connectivity index (χ4v) is 7.53. The van der Waals surface area contributed by atoms with Gasteiger partial charge >= 0.3 is 0 Å². The largest absolute Gasteiger partial charge is 0.456 e. The van der Waals surface area contributed by atoms with Gasteiger partial charge in [-0.25, -0.2) is 0 Å². The molecule has 4 nitrogen and oxygen atoms in total. The molecule has 0 aliphatic heterocycles. The van der Waals surface area contributed by atoms with Gasteiger partial charge in [-0.15, -0.1) is 71.3 Å². The fraction of sp³-hybridized carbons (Fsp3) is 0.0588. The van der Waals surface area contributed by atoms with Crippen molar-refractivity contribution in [3.05, 3.63) is 181 Å². The van der Waals surface area contributed by atoms with Crippen LogP contribution < -0.4 is 0 Å². The summed E-state index contributed by atoms with van der Waals surface area (Å²) in [5.74, 6) is 0. The minimum atomic E-state index is 0. The Morgan fingerprint density at radius 2 is 1.16 bits per heavy atom. The molecule has 4 aromatic heterocycles. The number of benzene rings is 7.